The molecular weight excluding hydrogens is 470 g/mol. The highest BCUT2D eigenvalue weighted by Crippen LogP contribution is 2.38. The average molecular weight is 502 g/mol. The smallest absolute Gasteiger partial charge is 0.245 e. The highest BCUT2D eigenvalue weighted by atomic mass is 32.2. The summed E-state index contributed by atoms with van der Waals surface area (Å²) in [6.07, 6.45) is 8.77. The maximum atomic E-state index is 13.6. The van der Waals surface area contributed by atoms with E-state index in [1.165, 1.54) is 20.5 Å². The van der Waals surface area contributed by atoms with Crippen molar-refractivity contribution in [1.29, 1.82) is 0 Å². The van der Waals surface area contributed by atoms with E-state index in [0.29, 0.717) is 17.3 Å². The van der Waals surface area contributed by atoms with E-state index in [1.54, 1.807) is 23.9 Å². The molecule has 1 fully saturated rings. The van der Waals surface area contributed by atoms with Gasteiger partial charge in [0.05, 0.1) is 19.5 Å². The van der Waals surface area contributed by atoms with Crippen LogP contribution in [0.3, 0.4) is 0 Å². The maximum absolute atomic E-state index is 13.6. The molecule has 12 heteroatoms. The lowest BCUT2D eigenvalue weighted by molar-refractivity contribution is 0.366. The molecule has 1 aliphatic carbocycles. The largest absolute Gasteiger partial charge is 0.479 e. The van der Waals surface area contributed by atoms with E-state index in [2.05, 4.69) is 30.1 Å². The van der Waals surface area contributed by atoms with Crippen molar-refractivity contribution in [3.05, 3.63) is 41.8 Å². The Labute approximate surface area is 205 Å². The van der Waals surface area contributed by atoms with Gasteiger partial charge in [0.15, 0.2) is 21.3 Å². The lowest BCUT2D eigenvalue weighted by atomic mass is 10.1. The molecule has 3 aromatic heterocycles. The quantitative estimate of drug-likeness (QED) is 0.430. The third-order valence-electron chi connectivity index (χ3n) is 6.65. The number of methoxy groups -OCH3 is 2. The summed E-state index contributed by atoms with van der Waals surface area (Å²) < 4.78 is 39.8. The molecule has 0 saturated heterocycles. The Morgan fingerprint density at radius 1 is 1.00 bits per heavy atom. The molecule has 0 bridgehead atoms. The lowest BCUT2D eigenvalue weighted by Gasteiger charge is -2.20. The molecule has 1 saturated carbocycles. The van der Waals surface area contributed by atoms with Gasteiger partial charge in [-0.25, -0.2) is 18.4 Å². The van der Waals surface area contributed by atoms with Gasteiger partial charge >= 0.3 is 0 Å². The summed E-state index contributed by atoms with van der Waals surface area (Å²) in [4.78, 5) is 17.1. The van der Waals surface area contributed by atoms with Gasteiger partial charge in [0.25, 0.3) is 0 Å². The van der Waals surface area contributed by atoms with E-state index >= 15 is 0 Å². The molecule has 3 heterocycles. The van der Waals surface area contributed by atoms with Gasteiger partial charge in [-0.3, -0.25) is 4.57 Å². The summed E-state index contributed by atoms with van der Waals surface area (Å²) >= 11 is 0. The number of ether oxygens (including phenoxy) is 2. The monoisotopic (exact) mass is 501 g/mol. The maximum Gasteiger partial charge on any atom is 0.245 e. The van der Waals surface area contributed by atoms with Gasteiger partial charge in [0.1, 0.15) is 23.7 Å². The highest BCUT2D eigenvalue weighted by molar-refractivity contribution is 7.91. The predicted molar refractivity (Wildman–Crippen MR) is 129 cm³/mol. The summed E-state index contributed by atoms with van der Waals surface area (Å²) in [5.41, 5.74) is 1.31. The van der Waals surface area contributed by atoms with Crippen LogP contribution in [0.5, 0.6) is 11.8 Å². The minimum Gasteiger partial charge on any atom is -0.479 e. The van der Waals surface area contributed by atoms with Gasteiger partial charge in [0.2, 0.25) is 11.8 Å². The minimum atomic E-state index is -3.68. The van der Waals surface area contributed by atoms with Crippen LogP contribution in [0.15, 0.2) is 18.7 Å². The van der Waals surface area contributed by atoms with E-state index in [1.807, 2.05) is 13.8 Å². The second kappa shape index (κ2) is 10.2. The molecule has 11 nitrogen and oxygen atoms in total. The first-order valence-corrected chi connectivity index (χ1v) is 13.4. The van der Waals surface area contributed by atoms with Crippen molar-refractivity contribution in [3.8, 4) is 17.4 Å². The molecule has 0 spiro atoms. The zero-order chi connectivity index (χ0) is 25.2. The molecule has 0 unspecified atom stereocenters. The molecule has 3 aromatic rings. The van der Waals surface area contributed by atoms with Gasteiger partial charge < -0.3 is 9.47 Å². The van der Waals surface area contributed by atoms with Gasteiger partial charge in [-0.2, -0.15) is 9.97 Å². The second-order valence-corrected chi connectivity index (χ2v) is 11.3. The van der Waals surface area contributed by atoms with Crippen LogP contribution in [0, 0.1) is 6.92 Å². The van der Waals surface area contributed by atoms with Crippen LogP contribution in [0.1, 0.15) is 74.4 Å². The van der Waals surface area contributed by atoms with Crippen LogP contribution in [0.4, 0.5) is 0 Å². The van der Waals surface area contributed by atoms with E-state index < -0.39 is 21.0 Å². The number of aromatic nitrogens is 7. The number of hydrogen-bond donors (Lipinski definition) is 0. The summed E-state index contributed by atoms with van der Waals surface area (Å²) in [5.74, 6) is 1.34. The zero-order valence-electron chi connectivity index (χ0n) is 20.7. The van der Waals surface area contributed by atoms with Crippen molar-refractivity contribution in [2.75, 3.05) is 14.2 Å². The first kappa shape index (κ1) is 25.0. The van der Waals surface area contributed by atoms with Gasteiger partial charge in [0, 0.05) is 24.2 Å². The van der Waals surface area contributed by atoms with E-state index in [0.717, 1.165) is 31.2 Å². The molecule has 4 rings (SSSR count). The summed E-state index contributed by atoms with van der Waals surface area (Å²) in [5, 5.41) is 8.02. The molecule has 2 atom stereocenters. The predicted octanol–water partition coefficient (Wildman–Crippen LogP) is 2.94. The van der Waals surface area contributed by atoms with Crippen molar-refractivity contribution in [2.45, 2.75) is 69.3 Å². The molecule has 0 aliphatic heterocycles. The summed E-state index contributed by atoms with van der Waals surface area (Å²) in [6.45, 7) is 5.38. The fraction of sp³-hybridized carbons (Fsp3) is 0.565. The minimum absolute atomic E-state index is 0.144. The van der Waals surface area contributed by atoms with Gasteiger partial charge in [-0.1, -0.05) is 19.8 Å². The average Bonchev–Trinajstić information content (AvgIpc) is 3.52. The molecule has 35 heavy (non-hydrogen) atoms. The van der Waals surface area contributed by atoms with Crippen LogP contribution in [-0.4, -0.2) is 62.6 Å². The SMILES string of the molecule is COc1ncnc(OC)c1-n1c(CS(=O)(=O)[C@@H](C)[C@H](C)c2ncc(C)cn2)nnc1C1CCCC1. The van der Waals surface area contributed by atoms with E-state index in [9.17, 15) is 8.42 Å². The molecule has 188 valence electrons. The fourth-order valence-electron chi connectivity index (χ4n) is 4.42. The molecule has 1 aliphatic rings. The molecule has 0 aromatic carbocycles. The van der Waals surface area contributed by atoms with Gasteiger partial charge in [-0.15, -0.1) is 10.2 Å². The van der Waals surface area contributed by atoms with Crippen LogP contribution >= 0.6 is 0 Å². The normalized spacial score (nSPS) is 16.3. The number of rotatable bonds is 9. The van der Waals surface area contributed by atoms with Crippen LogP contribution < -0.4 is 9.47 Å². The first-order valence-electron chi connectivity index (χ1n) is 11.6. The Bertz CT molecular complexity index is 1250. The van der Waals surface area contributed by atoms with Crippen molar-refractivity contribution in [2.24, 2.45) is 0 Å². The second-order valence-electron chi connectivity index (χ2n) is 8.95. The number of aryl methyl sites for hydroxylation is 1. The lowest BCUT2D eigenvalue weighted by Crippen LogP contribution is -2.27. The van der Waals surface area contributed by atoms with Crippen molar-refractivity contribution in [3.63, 3.8) is 0 Å². The Kier molecular flexibility index (Phi) is 7.29. The standard InChI is InChI=1S/C23H31N7O4S/c1-14-10-24-20(25-11-14)15(2)16(3)35(31,32)12-18-28-29-21(17-8-6-7-9-17)30(18)19-22(33-4)26-13-27-23(19)34-5/h10-11,13,15-17H,6-9,12H2,1-5H3/t15-,16-/m0/s1. The fourth-order valence-corrected chi connectivity index (χ4v) is 5.98. The van der Waals surface area contributed by atoms with Crippen LogP contribution in [0.2, 0.25) is 0 Å². The molecule has 0 radical (unpaired) electrons. The number of sulfone groups is 1. The zero-order valence-corrected chi connectivity index (χ0v) is 21.5. The van der Waals surface area contributed by atoms with Crippen LogP contribution in [-0.2, 0) is 15.6 Å². The highest BCUT2D eigenvalue weighted by Gasteiger charge is 2.34. The Morgan fingerprint density at radius 3 is 2.17 bits per heavy atom. The Balaban J connectivity index is 1.76. The Morgan fingerprint density at radius 2 is 1.60 bits per heavy atom. The number of hydrogen-bond acceptors (Lipinski definition) is 10. The first-order chi connectivity index (χ1) is 16.8. The number of nitrogens with zero attached hydrogens (tertiary/aromatic N) is 7. The molecule has 0 amide bonds. The third kappa shape index (κ3) is 4.97. The van der Waals surface area contributed by atoms with Crippen LogP contribution in [0.25, 0.3) is 5.69 Å². The van der Waals surface area contributed by atoms with E-state index in [4.69, 9.17) is 9.47 Å². The van der Waals surface area contributed by atoms with Crippen molar-refractivity contribution >= 4 is 9.84 Å². The third-order valence-corrected chi connectivity index (χ3v) is 8.85. The molecule has 0 N–H and O–H groups in total. The Hall–Kier alpha value is -3.15. The molecular formula is C23H31N7O4S. The van der Waals surface area contributed by atoms with E-state index in [-0.39, 0.29) is 29.3 Å². The van der Waals surface area contributed by atoms with Gasteiger partial charge in [-0.05, 0) is 32.3 Å². The summed E-state index contributed by atoms with van der Waals surface area (Å²) in [7, 11) is -0.691. The topological polar surface area (TPSA) is 135 Å². The van der Waals surface area contributed by atoms with Crippen molar-refractivity contribution < 1.29 is 17.9 Å². The summed E-state index contributed by atoms with van der Waals surface area (Å²) in [6, 6.07) is 0. The van der Waals surface area contributed by atoms with Crippen molar-refractivity contribution in [1.82, 2.24) is 34.7 Å².